The fourth-order valence-corrected chi connectivity index (χ4v) is 4.22. The van der Waals surface area contributed by atoms with Crippen LogP contribution in [0.3, 0.4) is 0 Å². The first-order valence-electron chi connectivity index (χ1n) is 6.76. The molecule has 2 aromatic rings. The van der Waals surface area contributed by atoms with E-state index in [1.165, 1.54) is 30.4 Å². The quantitative estimate of drug-likeness (QED) is 0.809. The summed E-state index contributed by atoms with van der Waals surface area (Å²) in [4.78, 5) is 1.06. The van der Waals surface area contributed by atoms with Crippen LogP contribution < -0.4 is 10.0 Å². The molecule has 3 rings (SSSR count). The number of hydrogen-bond acceptors (Lipinski definition) is 6. The van der Waals surface area contributed by atoms with E-state index in [0.717, 1.165) is 17.8 Å². The third-order valence-corrected chi connectivity index (χ3v) is 6.09. The lowest BCUT2D eigenvalue weighted by molar-refractivity contribution is 0.603. The lowest BCUT2D eigenvalue weighted by atomic mass is 10.3. The van der Waals surface area contributed by atoms with Crippen molar-refractivity contribution in [2.75, 3.05) is 11.3 Å². The van der Waals surface area contributed by atoms with E-state index in [1.807, 2.05) is 6.07 Å². The summed E-state index contributed by atoms with van der Waals surface area (Å²) < 4.78 is 27.2. The summed E-state index contributed by atoms with van der Waals surface area (Å²) >= 11 is 1.29. The molecule has 0 aromatic carbocycles. The minimum Gasteiger partial charge on any atom is -0.314 e. The third kappa shape index (κ3) is 3.99. The molecule has 8 heteroatoms. The predicted molar refractivity (Wildman–Crippen MR) is 81.9 cm³/mol. The molecule has 0 saturated heterocycles. The Bertz CT molecular complexity index is 696. The molecule has 0 unspecified atom stereocenters. The number of nitrogens with one attached hydrogen (secondary N) is 2. The fourth-order valence-electron chi connectivity index (χ4n) is 1.87. The van der Waals surface area contributed by atoms with Crippen LogP contribution >= 0.6 is 11.3 Å². The molecule has 0 bridgehead atoms. The van der Waals surface area contributed by atoms with Crippen LogP contribution in [0.4, 0.5) is 5.82 Å². The number of sulfonamides is 1. The molecule has 1 aliphatic rings. The van der Waals surface area contributed by atoms with Gasteiger partial charge in [0.1, 0.15) is 4.21 Å². The van der Waals surface area contributed by atoms with E-state index in [9.17, 15) is 8.42 Å². The normalized spacial score (nSPS) is 15.0. The molecule has 21 heavy (non-hydrogen) atoms. The van der Waals surface area contributed by atoms with Gasteiger partial charge in [-0.05, 0) is 43.5 Å². The van der Waals surface area contributed by atoms with Gasteiger partial charge >= 0.3 is 0 Å². The Morgan fingerprint density at radius 3 is 2.86 bits per heavy atom. The van der Waals surface area contributed by atoms with Gasteiger partial charge in [0.25, 0.3) is 10.0 Å². The monoisotopic (exact) mass is 324 g/mol. The second-order valence-electron chi connectivity index (χ2n) is 4.91. The second kappa shape index (κ2) is 6.08. The molecule has 0 radical (unpaired) electrons. The van der Waals surface area contributed by atoms with E-state index < -0.39 is 10.0 Å². The lowest BCUT2D eigenvalue weighted by Crippen LogP contribution is -2.18. The Hall–Kier alpha value is -1.51. The van der Waals surface area contributed by atoms with Crippen LogP contribution in [0.25, 0.3) is 0 Å². The highest BCUT2D eigenvalue weighted by molar-refractivity contribution is 7.94. The van der Waals surface area contributed by atoms with E-state index in [1.54, 1.807) is 18.2 Å². The topological polar surface area (TPSA) is 84.0 Å². The summed E-state index contributed by atoms with van der Waals surface area (Å²) in [5.74, 6) is 0.225. The van der Waals surface area contributed by atoms with Crippen molar-refractivity contribution in [3.63, 3.8) is 0 Å². The van der Waals surface area contributed by atoms with Crippen molar-refractivity contribution in [1.29, 1.82) is 0 Å². The van der Waals surface area contributed by atoms with Crippen LogP contribution in [0.5, 0.6) is 0 Å². The molecule has 2 aromatic heterocycles. The summed E-state index contributed by atoms with van der Waals surface area (Å²) in [6, 6.07) is 7.37. The number of rotatable bonds is 7. The van der Waals surface area contributed by atoms with E-state index in [0.29, 0.717) is 10.3 Å². The zero-order chi connectivity index (χ0) is 14.7. The first-order chi connectivity index (χ1) is 10.1. The highest BCUT2D eigenvalue weighted by atomic mass is 32.2. The number of thiophene rings is 1. The molecule has 0 spiro atoms. The zero-order valence-corrected chi connectivity index (χ0v) is 13.0. The van der Waals surface area contributed by atoms with Crippen LogP contribution in [0.2, 0.25) is 0 Å². The molecule has 1 saturated carbocycles. The van der Waals surface area contributed by atoms with E-state index >= 15 is 0 Å². The number of hydrogen-bond donors (Lipinski definition) is 2. The van der Waals surface area contributed by atoms with Crippen molar-refractivity contribution in [2.45, 2.75) is 29.5 Å². The zero-order valence-electron chi connectivity index (χ0n) is 11.3. The summed E-state index contributed by atoms with van der Waals surface area (Å²) in [7, 11) is -3.58. The highest BCUT2D eigenvalue weighted by Crippen LogP contribution is 2.24. The van der Waals surface area contributed by atoms with Crippen molar-refractivity contribution in [3.8, 4) is 0 Å². The summed E-state index contributed by atoms with van der Waals surface area (Å²) in [6.07, 6.45) is 4.86. The maximum atomic E-state index is 12.2. The van der Waals surface area contributed by atoms with Crippen molar-refractivity contribution in [1.82, 2.24) is 15.5 Å². The van der Waals surface area contributed by atoms with Crippen LogP contribution in [0.15, 0.2) is 34.7 Å². The molecule has 6 nitrogen and oxygen atoms in total. The van der Waals surface area contributed by atoms with Gasteiger partial charge in [0.2, 0.25) is 0 Å². The average Bonchev–Trinajstić information content (AvgIpc) is 3.15. The molecule has 1 aliphatic carbocycles. The summed E-state index contributed by atoms with van der Waals surface area (Å²) in [6.45, 7) is 0.891. The lowest BCUT2D eigenvalue weighted by Gasteiger charge is -2.03. The van der Waals surface area contributed by atoms with Crippen LogP contribution in [0.1, 0.15) is 17.7 Å². The van der Waals surface area contributed by atoms with Crippen molar-refractivity contribution in [2.24, 2.45) is 0 Å². The van der Waals surface area contributed by atoms with Crippen LogP contribution in [-0.2, 0) is 16.4 Å². The van der Waals surface area contributed by atoms with Gasteiger partial charge in [-0.2, -0.15) is 5.10 Å². The molecule has 1 fully saturated rings. The largest absolute Gasteiger partial charge is 0.314 e. The van der Waals surface area contributed by atoms with Gasteiger partial charge in [0, 0.05) is 23.7 Å². The summed E-state index contributed by atoms with van der Waals surface area (Å²) in [5.41, 5.74) is 0. The first-order valence-corrected chi connectivity index (χ1v) is 9.06. The Morgan fingerprint density at radius 1 is 1.29 bits per heavy atom. The van der Waals surface area contributed by atoms with Crippen LogP contribution in [0, 0.1) is 0 Å². The second-order valence-corrected chi connectivity index (χ2v) is 7.99. The smallest absolute Gasteiger partial charge is 0.272 e. The van der Waals surface area contributed by atoms with Gasteiger partial charge in [0.15, 0.2) is 5.82 Å². The van der Waals surface area contributed by atoms with E-state index in [2.05, 4.69) is 20.2 Å². The van der Waals surface area contributed by atoms with Crippen molar-refractivity contribution in [3.05, 3.63) is 35.3 Å². The molecule has 2 heterocycles. The molecular formula is C13H16N4O2S2. The number of anilines is 1. The van der Waals surface area contributed by atoms with Gasteiger partial charge in [-0.15, -0.1) is 16.4 Å². The molecule has 112 valence electrons. The number of aromatic nitrogens is 2. The van der Waals surface area contributed by atoms with E-state index in [-0.39, 0.29) is 5.82 Å². The van der Waals surface area contributed by atoms with Gasteiger partial charge in [-0.25, -0.2) is 8.42 Å². The molecular weight excluding hydrogens is 308 g/mol. The fraction of sp³-hybridized carbons (Fsp3) is 0.385. The van der Waals surface area contributed by atoms with Gasteiger partial charge in [0.05, 0.1) is 0 Å². The van der Waals surface area contributed by atoms with Crippen molar-refractivity contribution >= 4 is 27.2 Å². The van der Waals surface area contributed by atoms with Gasteiger partial charge in [-0.3, -0.25) is 4.72 Å². The Morgan fingerprint density at radius 2 is 2.14 bits per heavy atom. The highest BCUT2D eigenvalue weighted by Gasteiger charge is 2.20. The van der Waals surface area contributed by atoms with E-state index in [4.69, 9.17) is 0 Å². The van der Waals surface area contributed by atoms with Gasteiger partial charge in [-0.1, -0.05) is 0 Å². The number of nitrogens with zero attached hydrogens (tertiary/aromatic N) is 2. The first kappa shape index (κ1) is 14.4. The molecule has 0 atom stereocenters. The SMILES string of the molecule is O=S(=O)(Nc1cccnn1)c1ccc(CCNC2CC2)s1. The van der Waals surface area contributed by atoms with Crippen molar-refractivity contribution < 1.29 is 8.42 Å². The molecule has 0 amide bonds. The summed E-state index contributed by atoms with van der Waals surface area (Å²) in [5, 5.41) is 10.8. The predicted octanol–water partition coefficient (Wildman–Crippen LogP) is 1.63. The minimum absolute atomic E-state index is 0.225. The third-order valence-electron chi connectivity index (χ3n) is 3.09. The Labute approximate surface area is 127 Å². The maximum Gasteiger partial charge on any atom is 0.272 e. The van der Waals surface area contributed by atoms with Gasteiger partial charge < -0.3 is 5.32 Å². The Balaban J connectivity index is 1.63. The Kier molecular flexibility index (Phi) is 4.18. The average molecular weight is 324 g/mol. The molecule has 2 N–H and O–H groups in total. The standard InChI is InChI=1S/C13H16N4O2S2/c18-21(19,17-12-2-1-8-15-16-12)13-6-5-11(20-13)7-9-14-10-3-4-10/h1-2,5-6,8,10,14H,3-4,7,9H2,(H,16,17). The van der Waals surface area contributed by atoms with Crippen LogP contribution in [-0.4, -0.2) is 31.2 Å². The molecule has 0 aliphatic heterocycles. The minimum atomic E-state index is -3.58. The maximum absolute atomic E-state index is 12.2.